The van der Waals surface area contributed by atoms with E-state index in [2.05, 4.69) is 0 Å². The molecular weight excluding hydrogens is 207 g/mol. The van der Waals surface area contributed by atoms with E-state index in [1.165, 1.54) is 13.0 Å². The number of benzene rings is 1. The van der Waals surface area contributed by atoms with E-state index in [-0.39, 0.29) is 5.57 Å². The fraction of sp³-hybridized carbons (Fsp3) is 0.100. The number of halogens is 2. The fourth-order valence-electron chi connectivity index (χ4n) is 1.01. The van der Waals surface area contributed by atoms with Gasteiger partial charge in [0.05, 0.1) is 0 Å². The minimum Gasteiger partial charge on any atom is -0.476 e. The van der Waals surface area contributed by atoms with Gasteiger partial charge in [0.1, 0.15) is 0 Å². The molecular formula is C10H8ClFO2. The molecule has 0 unspecified atom stereocenters. The molecule has 0 fully saturated rings. The third kappa shape index (κ3) is 2.33. The van der Waals surface area contributed by atoms with Crippen LogP contribution in [0.2, 0.25) is 5.02 Å². The summed E-state index contributed by atoms with van der Waals surface area (Å²) in [6.45, 7) is 1.40. The zero-order valence-corrected chi connectivity index (χ0v) is 8.18. The summed E-state index contributed by atoms with van der Waals surface area (Å²) in [5.74, 6) is -2.73. The topological polar surface area (TPSA) is 37.3 Å². The lowest BCUT2D eigenvalue weighted by atomic mass is 10.1. The number of carbonyl (C=O) groups is 1. The molecule has 0 bridgehead atoms. The predicted molar refractivity (Wildman–Crippen MR) is 52.8 cm³/mol. The van der Waals surface area contributed by atoms with E-state index in [0.717, 1.165) is 0 Å². The van der Waals surface area contributed by atoms with Gasteiger partial charge in [0.25, 0.3) is 0 Å². The van der Waals surface area contributed by atoms with Crippen LogP contribution >= 0.6 is 11.6 Å². The van der Waals surface area contributed by atoms with Gasteiger partial charge in [0.15, 0.2) is 0 Å². The number of rotatable bonds is 2. The molecule has 0 aliphatic carbocycles. The first-order valence-electron chi connectivity index (χ1n) is 3.88. The van der Waals surface area contributed by atoms with Gasteiger partial charge in [-0.25, -0.2) is 4.79 Å². The maximum atomic E-state index is 13.0. The van der Waals surface area contributed by atoms with Gasteiger partial charge < -0.3 is 5.11 Å². The van der Waals surface area contributed by atoms with Crippen LogP contribution in [0.4, 0.5) is 4.39 Å². The maximum Gasteiger partial charge on any atom is 0.365 e. The van der Waals surface area contributed by atoms with Crippen molar-refractivity contribution in [3.63, 3.8) is 0 Å². The first-order chi connectivity index (χ1) is 6.52. The SMILES string of the molecule is CC(=C(F)C(=O)O)c1cccc(Cl)c1. The second-order valence-electron chi connectivity index (χ2n) is 2.75. The summed E-state index contributed by atoms with van der Waals surface area (Å²) in [5, 5.41) is 8.86. The van der Waals surface area contributed by atoms with Crippen molar-refractivity contribution < 1.29 is 14.3 Å². The molecule has 0 aliphatic heterocycles. The molecule has 0 saturated carbocycles. The molecule has 0 aliphatic rings. The van der Waals surface area contributed by atoms with Crippen LogP contribution in [0, 0.1) is 0 Å². The Balaban J connectivity index is 3.18. The summed E-state index contributed by atoms with van der Waals surface area (Å²) in [7, 11) is 0. The molecule has 4 heteroatoms. The van der Waals surface area contributed by atoms with Gasteiger partial charge in [0.2, 0.25) is 5.83 Å². The number of allylic oxidation sites excluding steroid dienone is 1. The van der Waals surface area contributed by atoms with Crippen molar-refractivity contribution in [2.24, 2.45) is 0 Å². The van der Waals surface area contributed by atoms with Crippen LogP contribution in [0.15, 0.2) is 30.1 Å². The van der Waals surface area contributed by atoms with Crippen LogP contribution in [0.5, 0.6) is 0 Å². The lowest BCUT2D eigenvalue weighted by Crippen LogP contribution is -1.97. The zero-order valence-electron chi connectivity index (χ0n) is 7.42. The maximum absolute atomic E-state index is 13.0. The van der Waals surface area contributed by atoms with Crippen molar-refractivity contribution >= 4 is 23.1 Å². The van der Waals surface area contributed by atoms with Crippen LogP contribution in [0.1, 0.15) is 12.5 Å². The van der Waals surface area contributed by atoms with Crippen molar-refractivity contribution in [2.45, 2.75) is 6.92 Å². The smallest absolute Gasteiger partial charge is 0.365 e. The van der Waals surface area contributed by atoms with Crippen LogP contribution in [0.3, 0.4) is 0 Å². The standard InChI is InChI=1S/C10H8ClFO2/c1-6(9(12)10(13)14)7-3-2-4-8(11)5-7/h2-5H,1H3,(H,13,14). The molecule has 0 spiro atoms. The van der Waals surface area contributed by atoms with Gasteiger partial charge in [-0.05, 0) is 30.2 Å². The van der Waals surface area contributed by atoms with E-state index >= 15 is 0 Å². The molecule has 1 rings (SSSR count). The van der Waals surface area contributed by atoms with E-state index in [9.17, 15) is 9.18 Å². The molecule has 0 saturated heterocycles. The van der Waals surface area contributed by atoms with Crippen LogP contribution < -0.4 is 0 Å². The van der Waals surface area contributed by atoms with Crippen molar-refractivity contribution in [2.75, 3.05) is 0 Å². The van der Waals surface area contributed by atoms with Crippen molar-refractivity contribution in [1.82, 2.24) is 0 Å². The molecule has 0 atom stereocenters. The molecule has 0 radical (unpaired) electrons. The highest BCUT2D eigenvalue weighted by molar-refractivity contribution is 6.30. The summed E-state index contributed by atoms with van der Waals surface area (Å²) in [4.78, 5) is 10.3. The number of hydrogen-bond donors (Lipinski definition) is 1. The normalized spacial score (nSPS) is 12.2. The third-order valence-electron chi connectivity index (χ3n) is 1.77. The summed E-state index contributed by atoms with van der Waals surface area (Å²) < 4.78 is 13.0. The molecule has 0 aromatic heterocycles. The highest BCUT2D eigenvalue weighted by Gasteiger charge is 2.11. The van der Waals surface area contributed by atoms with Crippen LogP contribution in [0.25, 0.3) is 5.57 Å². The molecule has 1 aromatic carbocycles. The van der Waals surface area contributed by atoms with E-state index in [1.807, 2.05) is 0 Å². The Morgan fingerprint density at radius 2 is 2.14 bits per heavy atom. The quantitative estimate of drug-likeness (QED) is 0.768. The largest absolute Gasteiger partial charge is 0.476 e. The fourth-order valence-corrected chi connectivity index (χ4v) is 1.20. The highest BCUT2D eigenvalue weighted by Crippen LogP contribution is 2.22. The van der Waals surface area contributed by atoms with E-state index in [0.29, 0.717) is 10.6 Å². The van der Waals surface area contributed by atoms with E-state index in [4.69, 9.17) is 16.7 Å². The average molecular weight is 215 g/mol. The van der Waals surface area contributed by atoms with Gasteiger partial charge in [-0.15, -0.1) is 0 Å². The van der Waals surface area contributed by atoms with Crippen molar-refractivity contribution in [1.29, 1.82) is 0 Å². The minimum absolute atomic E-state index is 0.0694. The average Bonchev–Trinajstić information content (AvgIpc) is 2.15. The van der Waals surface area contributed by atoms with E-state index < -0.39 is 11.8 Å². The number of aliphatic carboxylic acids is 1. The summed E-state index contributed by atoms with van der Waals surface area (Å²) in [6.07, 6.45) is 0. The Morgan fingerprint density at radius 1 is 1.50 bits per heavy atom. The molecule has 1 aromatic rings. The second kappa shape index (κ2) is 4.24. The Kier molecular flexibility index (Phi) is 3.25. The van der Waals surface area contributed by atoms with Gasteiger partial charge in [-0.3, -0.25) is 0 Å². The van der Waals surface area contributed by atoms with Gasteiger partial charge in [-0.2, -0.15) is 4.39 Å². The first kappa shape index (κ1) is 10.7. The summed E-state index contributed by atoms with van der Waals surface area (Å²) in [5.41, 5.74) is 0.539. The summed E-state index contributed by atoms with van der Waals surface area (Å²) in [6, 6.07) is 6.39. The van der Waals surface area contributed by atoms with Crippen molar-refractivity contribution in [3.05, 3.63) is 40.7 Å². The molecule has 2 nitrogen and oxygen atoms in total. The summed E-state index contributed by atoms with van der Waals surface area (Å²) >= 11 is 5.68. The van der Waals surface area contributed by atoms with Crippen molar-refractivity contribution in [3.8, 4) is 0 Å². The minimum atomic E-state index is -1.57. The van der Waals surface area contributed by atoms with Gasteiger partial charge in [0, 0.05) is 5.02 Å². The van der Waals surface area contributed by atoms with Gasteiger partial charge >= 0.3 is 5.97 Å². The molecule has 0 heterocycles. The molecule has 14 heavy (non-hydrogen) atoms. The number of carboxylic acids is 1. The van der Waals surface area contributed by atoms with Crippen LogP contribution in [-0.4, -0.2) is 11.1 Å². The second-order valence-corrected chi connectivity index (χ2v) is 3.19. The first-order valence-corrected chi connectivity index (χ1v) is 4.26. The molecule has 1 N–H and O–H groups in total. The highest BCUT2D eigenvalue weighted by atomic mass is 35.5. The Labute approximate surface area is 85.6 Å². The third-order valence-corrected chi connectivity index (χ3v) is 2.01. The lowest BCUT2D eigenvalue weighted by Gasteiger charge is -2.01. The lowest BCUT2D eigenvalue weighted by molar-refractivity contribution is -0.134. The van der Waals surface area contributed by atoms with Crippen LogP contribution in [-0.2, 0) is 4.79 Å². The Morgan fingerprint density at radius 3 is 2.64 bits per heavy atom. The predicted octanol–water partition coefficient (Wildman–Crippen LogP) is 3.13. The Bertz CT molecular complexity index is 399. The molecule has 0 amide bonds. The number of carboxylic acid groups (broad SMARTS) is 1. The monoisotopic (exact) mass is 214 g/mol. The zero-order chi connectivity index (χ0) is 10.7. The number of hydrogen-bond acceptors (Lipinski definition) is 1. The Hall–Kier alpha value is -1.35. The molecule has 74 valence electrons. The van der Waals surface area contributed by atoms with Gasteiger partial charge in [-0.1, -0.05) is 23.7 Å². The van der Waals surface area contributed by atoms with E-state index in [1.54, 1.807) is 18.2 Å².